The van der Waals surface area contributed by atoms with Crippen LogP contribution in [0.3, 0.4) is 0 Å². The van der Waals surface area contributed by atoms with Crippen LogP contribution in [0.2, 0.25) is 0 Å². The van der Waals surface area contributed by atoms with Gasteiger partial charge in [-0.05, 0) is 48.3 Å². The van der Waals surface area contributed by atoms with Gasteiger partial charge in [0, 0.05) is 22.7 Å². The van der Waals surface area contributed by atoms with E-state index in [2.05, 4.69) is 29.4 Å². The van der Waals surface area contributed by atoms with Gasteiger partial charge in [-0.1, -0.05) is 6.07 Å². The first-order chi connectivity index (χ1) is 8.29. The van der Waals surface area contributed by atoms with E-state index in [1.165, 1.54) is 21.7 Å². The zero-order chi connectivity index (χ0) is 11.8. The Labute approximate surface area is 105 Å². The Balaban J connectivity index is 1.99. The molecule has 2 aromatic rings. The molecule has 2 nitrogen and oxygen atoms in total. The van der Waals surface area contributed by atoms with Crippen LogP contribution >= 0.6 is 11.3 Å². The second-order valence-electron chi connectivity index (χ2n) is 4.76. The monoisotopic (exact) mass is 245 g/mol. The molecule has 0 amide bonds. The Morgan fingerprint density at radius 3 is 3.12 bits per heavy atom. The Bertz CT molecular complexity index is 526. The molecule has 88 valence electrons. The Kier molecular flexibility index (Phi) is 2.63. The van der Waals surface area contributed by atoms with Gasteiger partial charge in [0.2, 0.25) is 0 Å². The molecule has 0 saturated carbocycles. The number of fused-ring (bicyclic) bond motifs is 1. The second kappa shape index (κ2) is 4.15. The number of nitrogens with one attached hydrogen (secondary N) is 1. The fraction of sp³-hybridized carbons (Fsp3) is 0.357. The van der Waals surface area contributed by atoms with Gasteiger partial charge in [0.1, 0.15) is 6.29 Å². The molecule has 3 rings (SSSR count). The number of aromatic amines is 1. The first kappa shape index (κ1) is 10.8. The Hall–Kier alpha value is -1.35. The normalized spacial score (nSPS) is 23.4. The van der Waals surface area contributed by atoms with Gasteiger partial charge < -0.3 is 9.78 Å². The summed E-state index contributed by atoms with van der Waals surface area (Å²) in [6, 6.07) is 4.27. The fourth-order valence-electron chi connectivity index (χ4n) is 2.89. The van der Waals surface area contributed by atoms with Crippen LogP contribution in [0.25, 0.3) is 0 Å². The van der Waals surface area contributed by atoms with E-state index in [0.717, 1.165) is 19.1 Å². The van der Waals surface area contributed by atoms with Gasteiger partial charge >= 0.3 is 0 Å². The van der Waals surface area contributed by atoms with E-state index < -0.39 is 0 Å². The van der Waals surface area contributed by atoms with Crippen LogP contribution in [0.15, 0.2) is 23.7 Å². The molecular formula is C14H15NOS. The van der Waals surface area contributed by atoms with Crippen molar-refractivity contribution >= 4 is 17.6 Å². The summed E-state index contributed by atoms with van der Waals surface area (Å²) in [6.07, 6.45) is 5.13. The maximum absolute atomic E-state index is 11.3. The van der Waals surface area contributed by atoms with E-state index in [-0.39, 0.29) is 5.92 Å². The van der Waals surface area contributed by atoms with Gasteiger partial charge in [0.25, 0.3) is 0 Å². The number of carbonyl (C=O) groups is 1. The average Bonchev–Trinajstić information content (AvgIpc) is 2.98. The third kappa shape index (κ3) is 1.75. The molecule has 1 N–H and O–H groups in total. The minimum Gasteiger partial charge on any atom is -0.364 e. The summed E-state index contributed by atoms with van der Waals surface area (Å²) in [5.41, 5.74) is 3.72. The SMILES string of the molecule is Cc1c[nH]c2c1C(C=O)CC(c1cccs1)C2. The van der Waals surface area contributed by atoms with Crippen molar-refractivity contribution < 1.29 is 4.79 Å². The summed E-state index contributed by atoms with van der Waals surface area (Å²) in [4.78, 5) is 16.0. The van der Waals surface area contributed by atoms with E-state index in [0.29, 0.717) is 5.92 Å². The van der Waals surface area contributed by atoms with E-state index in [9.17, 15) is 4.79 Å². The maximum atomic E-state index is 11.3. The van der Waals surface area contributed by atoms with Crippen LogP contribution in [-0.2, 0) is 11.2 Å². The molecule has 0 aliphatic heterocycles. The molecule has 0 bridgehead atoms. The fourth-order valence-corrected chi connectivity index (χ4v) is 3.74. The highest BCUT2D eigenvalue weighted by Crippen LogP contribution is 2.41. The molecule has 17 heavy (non-hydrogen) atoms. The van der Waals surface area contributed by atoms with Crippen LogP contribution in [0.4, 0.5) is 0 Å². The summed E-state index contributed by atoms with van der Waals surface area (Å²) >= 11 is 1.79. The predicted molar refractivity (Wildman–Crippen MR) is 69.7 cm³/mol. The number of carbonyl (C=O) groups excluding carboxylic acids is 1. The highest BCUT2D eigenvalue weighted by atomic mass is 32.1. The molecule has 0 fully saturated rings. The van der Waals surface area contributed by atoms with Crippen molar-refractivity contribution in [2.45, 2.75) is 31.6 Å². The van der Waals surface area contributed by atoms with Crippen molar-refractivity contribution in [3.63, 3.8) is 0 Å². The highest BCUT2D eigenvalue weighted by molar-refractivity contribution is 7.10. The topological polar surface area (TPSA) is 32.9 Å². The molecule has 2 unspecified atom stereocenters. The number of aldehydes is 1. The van der Waals surface area contributed by atoms with E-state index in [1.54, 1.807) is 11.3 Å². The van der Waals surface area contributed by atoms with E-state index >= 15 is 0 Å². The number of aryl methyl sites for hydroxylation is 1. The summed E-state index contributed by atoms with van der Waals surface area (Å²) in [7, 11) is 0. The number of hydrogen-bond donors (Lipinski definition) is 1. The van der Waals surface area contributed by atoms with Crippen molar-refractivity contribution in [1.82, 2.24) is 4.98 Å². The molecular weight excluding hydrogens is 230 g/mol. The Morgan fingerprint density at radius 2 is 2.41 bits per heavy atom. The lowest BCUT2D eigenvalue weighted by Gasteiger charge is -2.26. The van der Waals surface area contributed by atoms with Gasteiger partial charge in [0.15, 0.2) is 0 Å². The van der Waals surface area contributed by atoms with Crippen LogP contribution in [0.1, 0.15) is 40.0 Å². The lowest BCUT2D eigenvalue weighted by molar-refractivity contribution is -0.109. The lowest BCUT2D eigenvalue weighted by Crippen LogP contribution is -2.17. The van der Waals surface area contributed by atoms with Crippen LogP contribution in [-0.4, -0.2) is 11.3 Å². The smallest absolute Gasteiger partial charge is 0.127 e. The van der Waals surface area contributed by atoms with Crippen LogP contribution < -0.4 is 0 Å². The summed E-state index contributed by atoms with van der Waals surface area (Å²) in [6.45, 7) is 2.08. The van der Waals surface area contributed by atoms with Gasteiger partial charge in [0.05, 0.1) is 0 Å². The molecule has 0 saturated heterocycles. The van der Waals surface area contributed by atoms with Gasteiger partial charge in [-0.15, -0.1) is 11.3 Å². The minimum atomic E-state index is 0.0668. The summed E-state index contributed by atoms with van der Waals surface area (Å²) in [5, 5.41) is 2.11. The van der Waals surface area contributed by atoms with Crippen molar-refractivity contribution in [2.24, 2.45) is 0 Å². The number of thiophene rings is 1. The van der Waals surface area contributed by atoms with Crippen LogP contribution in [0, 0.1) is 6.92 Å². The molecule has 0 radical (unpaired) electrons. The number of rotatable bonds is 2. The van der Waals surface area contributed by atoms with Gasteiger partial charge in [-0.3, -0.25) is 0 Å². The first-order valence-electron chi connectivity index (χ1n) is 5.95. The predicted octanol–water partition coefficient (Wildman–Crippen LogP) is 3.40. The van der Waals surface area contributed by atoms with Gasteiger partial charge in [-0.25, -0.2) is 0 Å². The molecule has 2 aromatic heterocycles. The molecule has 2 atom stereocenters. The molecule has 2 heterocycles. The van der Waals surface area contributed by atoms with Crippen molar-refractivity contribution in [3.8, 4) is 0 Å². The van der Waals surface area contributed by atoms with Crippen molar-refractivity contribution in [1.29, 1.82) is 0 Å². The van der Waals surface area contributed by atoms with E-state index in [4.69, 9.17) is 0 Å². The average molecular weight is 245 g/mol. The zero-order valence-corrected chi connectivity index (χ0v) is 10.6. The van der Waals surface area contributed by atoms with Crippen molar-refractivity contribution in [3.05, 3.63) is 45.4 Å². The van der Waals surface area contributed by atoms with Gasteiger partial charge in [-0.2, -0.15) is 0 Å². The highest BCUT2D eigenvalue weighted by Gasteiger charge is 2.30. The van der Waals surface area contributed by atoms with E-state index in [1.807, 2.05) is 6.20 Å². The maximum Gasteiger partial charge on any atom is 0.127 e. The molecule has 3 heteroatoms. The largest absolute Gasteiger partial charge is 0.364 e. The van der Waals surface area contributed by atoms with Crippen molar-refractivity contribution in [2.75, 3.05) is 0 Å². The Morgan fingerprint density at radius 1 is 1.53 bits per heavy atom. The minimum absolute atomic E-state index is 0.0668. The third-order valence-corrected chi connectivity index (χ3v) is 4.72. The molecule has 1 aliphatic carbocycles. The standard InChI is InChI=1S/C14H15NOS/c1-9-7-15-12-6-10(13-3-2-4-17-13)5-11(8-16)14(9)12/h2-4,7-8,10-11,15H,5-6H2,1H3. The summed E-state index contributed by atoms with van der Waals surface area (Å²) < 4.78 is 0. The number of hydrogen-bond acceptors (Lipinski definition) is 2. The lowest BCUT2D eigenvalue weighted by atomic mass is 9.79. The second-order valence-corrected chi connectivity index (χ2v) is 5.74. The quantitative estimate of drug-likeness (QED) is 0.808. The van der Waals surface area contributed by atoms with Crippen LogP contribution in [0.5, 0.6) is 0 Å². The molecule has 0 aromatic carbocycles. The first-order valence-corrected chi connectivity index (χ1v) is 6.83. The number of aromatic nitrogens is 1. The molecule has 0 spiro atoms. The third-order valence-electron chi connectivity index (χ3n) is 3.68. The number of H-pyrrole nitrogens is 1. The molecule has 1 aliphatic rings. The zero-order valence-electron chi connectivity index (χ0n) is 9.77. The summed E-state index contributed by atoms with van der Waals surface area (Å²) in [5.74, 6) is 0.563.